The van der Waals surface area contributed by atoms with Gasteiger partial charge in [0.15, 0.2) is 0 Å². The van der Waals surface area contributed by atoms with E-state index in [1.54, 1.807) is 12.1 Å². The van der Waals surface area contributed by atoms with Gasteiger partial charge in [0.05, 0.1) is 24.1 Å². The number of hydrogen-bond donors (Lipinski definition) is 2. The van der Waals surface area contributed by atoms with Gasteiger partial charge in [-0.25, -0.2) is 0 Å². The summed E-state index contributed by atoms with van der Waals surface area (Å²) in [4.78, 5) is 23.6. The first-order valence-corrected chi connectivity index (χ1v) is 8.73. The lowest BCUT2D eigenvalue weighted by molar-refractivity contribution is -0.137. The van der Waals surface area contributed by atoms with Gasteiger partial charge >= 0.3 is 6.18 Å². The van der Waals surface area contributed by atoms with Crippen LogP contribution in [0, 0.1) is 0 Å². The van der Waals surface area contributed by atoms with E-state index in [2.05, 4.69) is 10.6 Å². The molecule has 0 aromatic heterocycles. The van der Waals surface area contributed by atoms with Gasteiger partial charge in [-0.2, -0.15) is 13.2 Å². The van der Waals surface area contributed by atoms with Gasteiger partial charge in [-0.1, -0.05) is 6.07 Å². The summed E-state index contributed by atoms with van der Waals surface area (Å²) in [6.45, 7) is 1.36. The minimum atomic E-state index is -4.43. The molecule has 0 aliphatic rings. The minimum absolute atomic E-state index is 0.0885. The van der Waals surface area contributed by atoms with Crippen LogP contribution in [0.15, 0.2) is 47.4 Å². The Labute approximate surface area is 158 Å². The number of alkyl halides is 3. The third kappa shape index (κ3) is 6.21. The zero-order valence-electron chi connectivity index (χ0n) is 14.5. The number of carbonyl (C=O) groups excluding carboxylic acids is 2. The van der Waals surface area contributed by atoms with Crippen LogP contribution in [0.2, 0.25) is 0 Å². The molecule has 0 bridgehead atoms. The Morgan fingerprint density at radius 1 is 1.11 bits per heavy atom. The van der Waals surface area contributed by atoms with E-state index in [0.717, 1.165) is 23.9 Å². The summed E-state index contributed by atoms with van der Waals surface area (Å²) in [6.07, 6.45) is -4.43. The van der Waals surface area contributed by atoms with Gasteiger partial charge < -0.3 is 15.4 Å². The van der Waals surface area contributed by atoms with Crippen LogP contribution >= 0.6 is 11.8 Å². The highest BCUT2D eigenvalue weighted by molar-refractivity contribution is 8.00. The van der Waals surface area contributed by atoms with Crippen LogP contribution in [0.4, 0.5) is 24.5 Å². The van der Waals surface area contributed by atoms with Gasteiger partial charge in [0.2, 0.25) is 11.8 Å². The van der Waals surface area contributed by atoms with Crippen molar-refractivity contribution < 1.29 is 27.5 Å². The van der Waals surface area contributed by atoms with Crippen molar-refractivity contribution in [3.63, 3.8) is 0 Å². The molecule has 0 heterocycles. The maximum Gasteiger partial charge on any atom is 0.416 e. The highest BCUT2D eigenvalue weighted by Crippen LogP contribution is 2.32. The van der Waals surface area contributed by atoms with E-state index in [1.807, 2.05) is 0 Å². The first kappa shape index (κ1) is 20.6. The molecule has 0 unspecified atom stereocenters. The van der Waals surface area contributed by atoms with Crippen molar-refractivity contribution in [3.8, 4) is 5.75 Å². The van der Waals surface area contributed by atoms with Crippen molar-refractivity contribution in [1.82, 2.24) is 0 Å². The van der Waals surface area contributed by atoms with Gasteiger partial charge in [-0.15, -0.1) is 11.8 Å². The minimum Gasteiger partial charge on any atom is -0.495 e. The molecule has 5 nitrogen and oxygen atoms in total. The van der Waals surface area contributed by atoms with E-state index in [1.165, 1.54) is 32.2 Å². The molecule has 144 valence electrons. The van der Waals surface area contributed by atoms with Gasteiger partial charge in [0.1, 0.15) is 5.75 Å². The third-order valence-corrected chi connectivity index (χ3v) is 4.32. The topological polar surface area (TPSA) is 67.4 Å². The molecule has 2 aromatic rings. The molecular formula is C18H17F3N2O3S. The average Bonchev–Trinajstić information content (AvgIpc) is 2.59. The Morgan fingerprint density at radius 2 is 1.85 bits per heavy atom. The van der Waals surface area contributed by atoms with Crippen LogP contribution < -0.4 is 15.4 Å². The van der Waals surface area contributed by atoms with Crippen LogP contribution in [-0.2, 0) is 15.8 Å². The lowest BCUT2D eigenvalue weighted by Crippen LogP contribution is -2.15. The normalized spacial score (nSPS) is 11.0. The Kier molecular flexibility index (Phi) is 6.73. The van der Waals surface area contributed by atoms with Crippen molar-refractivity contribution in [1.29, 1.82) is 0 Å². The summed E-state index contributed by atoms with van der Waals surface area (Å²) in [5.41, 5.74) is 0.0557. The van der Waals surface area contributed by atoms with Crippen LogP contribution in [-0.4, -0.2) is 24.7 Å². The monoisotopic (exact) mass is 398 g/mol. The standard InChI is InChI=1S/C18H17F3N2O3S/c1-11(24)22-13-6-7-16(26-2)15(9-13)23-17(25)10-27-14-5-3-4-12(8-14)18(19,20)21/h3-9H,10H2,1-2H3,(H,22,24)(H,23,25). The summed E-state index contributed by atoms with van der Waals surface area (Å²) in [5.74, 6) is -0.385. The van der Waals surface area contributed by atoms with Gasteiger partial charge in [-0.05, 0) is 36.4 Å². The van der Waals surface area contributed by atoms with Gasteiger partial charge in [0, 0.05) is 17.5 Å². The van der Waals surface area contributed by atoms with Crippen LogP contribution in [0.25, 0.3) is 0 Å². The number of amides is 2. The number of ether oxygens (including phenoxy) is 1. The van der Waals surface area contributed by atoms with E-state index in [0.29, 0.717) is 22.0 Å². The number of hydrogen-bond acceptors (Lipinski definition) is 4. The molecule has 2 rings (SSSR count). The molecule has 0 atom stereocenters. The van der Waals surface area contributed by atoms with Crippen molar-refractivity contribution in [2.24, 2.45) is 0 Å². The summed E-state index contributed by atoms with van der Waals surface area (Å²) in [7, 11) is 1.43. The maximum absolute atomic E-state index is 12.7. The second kappa shape index (κ2) is 8.81. The summed E-state index contributed by atoms with van der Waals surface area (Å²) in [5, 5.41) is 5.22. The molecule has 0 saturated heterocycles. The number of thioether (sulfide) groups is 1. The number of methoxy groups -OCH3 is 1. The molecular weight excluding hydrogens is 381 g/mol. The van der Waals surface area contributed by atoms with Gasteiger partial charge in [-0.3, -0.25) is 9.59 Å². The Hall–Kier alpha value is -2.68. The molecule has 2 amide bonds. The van der Waals surface area contributed by atoms with Gasteiger partial charge in [0.25, 0.3) is 0 Å². The number of anilines is 2. The molecule has 0 spiro atoms. The van der Waals surface area contributed by atoms with Crippen LogP contribution in [0.5, 0.6) is 5.75 Å². The molecule has 0 aliphatic heterocycles. The fourth-order valence-corrected chi connectivity index (χ4v) is 2.94. The van der Waals surface area contributed by atoms with E-state index >= 15 is 0 Å². The SMILES string of the molecule is COc1ccc(NC(C)=O)cc1NC(=O)CSc1cccc(C(F)(F)F)c1. The molecule has 2 aromatic carbocycles. The molecule has 0 aliphatic carbocycles. The maximum atomic E-state index is 12.7. The van der Waals surface area contributed by atoms with E-state index in [4.69, 9.17) is 4.74 Å². The van der Waals surface area contributed by atoms with Crippen LogP contribution in [0.1, 0.15) is 12.5 Å². The molecule has 0 saturated carbocycles. The van der Waals surface area contributed by atoms with E-state index in [9.17, 15) is 22.8 Å². The van der Waals surface area contributed by atoms with Crippen molar-refractivity contribution >= 4 is 35.0 Å². The largest absolute Gasteiger partial charge is 0.495 e. The first-order chi connectivity index (χ1) is 12.7. The fourth-order valence-electron chi connectivity index (χ4n) is 2.18. The van der Waals surface area contributed by atoms with Crippen molar-refractivity contribution in [2.75, 3.05) is 23.5 Å². The van der Waals surface area contributed by atoms with Crippen molar-refractivity contribution in [2.45, 2.75) is 18.0 Å². The number of carbonyl (C=O) groups is 2. The number of rotatable bonds is 6. The number of halogens is 3. The summed E-state index contributed by atoms with van der Waals surface area (Å²) in [6, 6.07) is 9.51. The van der Waals surface area contributed by atoms with E-state index in [-0.39, 0.29) is 11.7 Å². The summed E-state index contributed by atoms with van der Waals surface area (Å²) < 4.78 is 43.4. The number of benzene rings is 2. The Morgan fingerprint density at radius 3 is 2.48 bits per heavy atom. The number of nitrogens with one attached hydrogen (secondary N) is 2. The Bertz CT molecular complexity index is 841. The predicted molar refractivity (Wildman–Crippen MR) is 98.1 cm³/mol. The second-order valence-electron chi connectivity index (χ2n) is 5.46. The second-order valence-corrected chi connectivity index (χ2v) is 6.51. The van der Waals surface area contributed by atoms with Crippen molar-refractivity contribution in [3.05, 3.63) is 48.0 Å². The smallest absolute Gasteiger partial charge is 0.416 e. The fraction of sp³-hybridized carbons (Fsp3) is 0.222. The molecule has 27 heavy (non-hydrogen) atoms. The van der Waals surface area contributed by atoms with E-state index < -0.39 is 17.6 Å². The Balaban J connectivity index is 2.04. The highest BCUT2D eigenvalue weighted by Gasteiger charge is 2.30. The average molecular weight is 398 g/mol. The lowest BCUT2D eigenvalue weighted by atomic mass is 10.2. The molecule has 2 N–H and O–H groups in total. The highest BCUT2D eigenvalue weighted by atomic mass is 32.2. The molecule has 0 radical (unpaired) electrons. The lowest BCUT2D eigenvalue weighted by Gasteiger charge is -2.12. The zero-order valence-corrected chi connectivity index (χ0v) is 15.3. The summed E-state index contributed by atoms with van der Waals surface area (Å²) >= 11 is 0.984. The zero-order chi connectivity index (χ0) is 20.0. The first-order valence-electron chi connectivity index (χ1n) is 7.74. The third-order valence-electron chi connectivity index (χ3n) is 3.33. The predicted octanol–water partition coefficient (Wildman–Crippen LogP) is 4.40. The molecule has 0 fully saturated rings. The van der Waals surface area contributed by atoms with Crippen LogP contribution in [0.3, 0.4) is 0 Å². The quantitative estimate of drug-likeness (QED) is 0.708. The molecule has 9 heteroatoms.